The summed E-state index contributed by atoms with van der Waals surface area (Å²) in [6.07, 6.45) is 5.27. The number of nitro groups is 1. The predicted molar refractivity (Wildman–Crippen MR) is 100 cm³/mol. The average molecular weight is 401 g/mol. The predicted octanol–water partition coefficient (Wildman–Crippen LogP) is 5.19. The number of ether oxygens (including phenoxy) is 1. The van der Waals surface area contributed by atoms with Crippen LogP contribution in [0.3, 0.4) is 0 Å². The van der Waals surface area contributed by atoms with Crippen LogP contribution in [-0.4, -0.2) is 12.0 Å². The van der Waals surface area contributed by atoms with Crippen molar-refractivity contribution in [1.29, 1.82) is 0 Å². The summed E-state index contributed by atoms with van der Waals surface area (Å²) in [5.41, 5.74) is 3.18. The SMILES string of the molecule is COc1ccc(Br)cc1[C@H]1Nc2ccc([N+](=O)[O-])cc2[C@H]2C=CC[C@H]21. The summed E-state index contributed by atoms with van der Waals surface area (Å²) in [4.78, 5) is 10.8. The number of anilines is 1. The fourth-order valence-corrected chi connectivity index (χ4v) is 4.33. The zero-order valence-corrected chi connectivity index (χ0v) is 15.2. The van der Waals surface area contributed by atoms with Crippen molar-refractivity contribution >= 4 is 27.3 Å². The van der Waals surface area contributed by atoms with Crippen LogP contribution in [0.1, 0.15) is 29.5 Å². The molecule has 1 aliphatic carbocycles. The van der Waals surface area contributed by atoms with E-state index in [0.717, 1.165) is 33.5 Å². The smallest absolute Gasteiger partial charge is 0.269 e. The van der Waals surface area contributed by atoms with Gasteiger partial charge >= 0.3 is 0 Å². The van der Waals surface area contributed by atoms with Crippen molar-refractivity contribution in [3.8, 4) is 5.75 Å². The number of nitro benzene ring substituents is 1. The van der Waals surface area contributed by atoms with E-state index in [4.69, 9.17) is 4.74 Å². The second kappa shape index (κ2) is 6.19. The number of nitrogens with zero attached hydrogens (tertiary/aromatic N) is 1. The highest BCUT2D eigenvalue weighted by Gasteiger charge is 2.39. The molecule has 0 unspecified atom stereocenters. The number of fused-ring (bicyclic) bond motifs is 3. The van der Waals surface area contributed by atoms with Crippen molar-refractivity contribution in [2.75, 3.05) is 12.4 Å². The van der Waals surface area contributed by atoms with E-state index in [9.17, 15) is 10.1 Å². The van der Waals surface area contributed by atoms with E-state index in [-0.39, 0.29) is 22.6 Å². The zero-order valence-electron chi connectivity index (χ0n) is 13.6. The van der Waals surface area contributed by atoms with E-state index >= 15 is 0 Å². The molecule has 0 spiro atoms. The van der Waals surface area contributed by atoms with E-state index in [0.29, 0.717) is 5.92 Å². The van der Waals surface area contributed by atoms with Crippen molar-refractivity contribution in [3.63, 3.8) is 0 Å². The molecule has 0 saturated heterocycles. The largest absolute Gasteiger partial charge is 0.496 e. The lowest BCUT2D eigenvalue weighted by atomic mass is 9.76. The van der Waals surface area contributed by atoms with Gasteiger partial charge in [0.15, 0.2) is 0 Å². The number of rotatable bonds is 3. The molecule has 4 rings (SSSR count). The van der Waals surface area contributed by atoms with Gasteiger partial charge in [0.1, 0.15) is 5.75 Å². The Kier molecular flexibility index (Phi) is 4.00. The van der Waals surface area contributed by atoms with Crippen molar-refractivity contribution in [3.05, 3.63) is 74.3 Å². The Morgan fingerprint density at radius 1 is 1.24 bits per heavy atom. The summed E-state index contributed by atoms with van der Waals surface area (Å²) in [5.74, 6) is 1.32. The number of methoxy groups -OCH3 is 1. The maximum atomic E-state index is 11.1. The van der Waals surface area contributed by atoms with E-state index in [1.54, 1.807) is 19.2 Å². The Labute approximate surface area is 154 Å². The molecular weight excluding hydrogens is 384 g/mol. The Bertz CT molecular complexity index is 881. The number of non-ortho nitro benzene ring substituents is 1. The van der Waals surface area contributed by atoms with Gasteiger partial charge in [-0.3, -0.25) is 10.1 Å². The van der Waals surface area contributed by atoms with Gasteiger partial charge in [0.05, 0.1) is 18.1 Å². The Morgan fingerprint density at radius 2 is 2.08 bits per heavy atom. The molecule has 5 nitrogen and oxygen atoms in total. The third kappa shape index (κ3) is 2.70. The summed E-state index contributed by atoms with van der Waals surface area (Å²) in [5, 5.41) is 14.7. The maximum absolute atomic E-state index is 11.1. The zero-order chi connectivity index (χ0) is 17.6. The molecule has 2 aliphatic rings. The first-order chi connectivity index (χ1) is 12.1. The molecule has 1 heterocycles. The minimum atomic E-state index is -0.336. The van der Waals surface area contributed by atoms with E-state index in [1.165, 1.54) is 0 Å². The molecule has 0 amide bonds. The Hall–Kier alpha value is -2.34. The van der Waals surface area contributed by atoms with Crippen molar-refractivity contribution in [1.82, 2.24) is 0 Å². The monoisotopic (exact) mass is 400 g/mol. The van der Waals surface area contributed by atoms with Gasteiger partial charge in [0.2, 0.25) is 0 Å². The minimum absolute atomic E-state index is 0.0846. The number of benzene rings is 2. The van der Waals surface area contributed by atoms with E-state index < -0.39 is 0 Å². The van der Waals surface area contributed by atoms with Crippen LogP contribution in [0, 0.1) is 16.0 Å². The molecular formula is C19H17BrN2O3. The van der Waals surface area contributed by atoms with Crippen LogP contribution in [0.2, 0.25) is 0 Å². The molecule has 128 valence electrons. The second-order valence-corrected chi connectivity index (χ2v) is 7.31. The van der Waals surface area contributed by atoms with Crippen molar-refractivity contribution in [2.24, 2.45) is 5.92 Å². The first-order valence-corrected chi connectivity index (χ1v) is 8.93. The number of hydrogen-bond donors (Lipinski definition) is 1. The van der Waals surface area contributed by atoms with E-state index in [2.05, 4.69) is 39.5 Å². The number of halogens is 1. The van der Waals surface area contributed by atoms with Gasteiger partial charge in [0, 0.05) is 33.8 Å². The van der Waals surface area contributed by atoms with Crippen LogP contribution in [0.25, 0.3) is 0 Å². The molecule has 2 aromatic rings. The summed E-state index contributed by atoms with van der Waals surface area (Å²) < 4.78 is 6.57. The van der Waals surface area contributed by atoms with Gasteiger partial charge < -0.3 is 10.1 Å². The molecule has 1 N–H and O–H groups in total. The normalized spacial score (nSPS) is 23.5. The summed E-state index contributed by atoms with van der Waals surface area (Å²) >= 11 is 3.55. The lowest BCUT2D eigenvalue weighted by Crippen LogP contribution is -2.29. The molecule has 3 atom stereocenters. The molecule has 2 aromatic carbocycles. The highest BCUT2D eigenvalue weighted by molar-refractivity contribution is 9.10. The Morgan fingerprint density at radius 3 is 2.84 bits per heavy atom. The topological polar surface area (TPSA) is 64.4 Å². The third-order valence-corrected chi connectivity index (χ3v) is 5.58. The van der Waals surface area contributed by atoms with Gasteiger partial charge in [-0.15, -0.1) is 0 Å². The molecule has 0 fully saturated rings. The Balaban J connectivity index is 1.81. The number of nitrogens with one attached hydrogen (secondary N) is 1. The van der Waals surface area contributed by atoms with Crippen molar-refractivity contribution in [2.45, 2.75) is 18.4 Å². The van der Waals surface area contributed by atoms with Crippen LogP contribution < -0.4 is 10.1 Å². The van der Waals surface area contributed by atoms with Crippen molar-refractivity contribution < 1.29 is 9.66 Å². The number of hydrogen-bond acceptors (Lipinski definition) is 4. The fraction of sp³-hybridized carbons (Fsp3) is 0.263. The van der Waals surface area contributed by atoms with Gasteiger partial charge in [-0.25, -0.2) is 0 Å². The highest BCUT2D eigenvalue weighted by atomic mass is 79.9. The van der Waals surface area contributed by atoms with Crippen LogP contribution in [0.5, 0.6) is 5.75 Å². The first-order valence-electron chi connectivity index (χ1n) is 8.13. The average Bonchev–Trinajstić information content (AvgIpc) is 3.10. The van der Waals surface area contributed by atoms with Crippen LogP contribution in [-0.2, 0) is 0 Å². The molecule has 0 aromatic heterocycles. The van der Waals surface area contributed by atoms with E-state index in [1.807, 2.05) is 18.2 Å². The molecule has 0 bridgehead atoms. The van der Waals surface area contributed by atoms with Gasteiger partial charge in [0.25, 0.3) is 5.69 Å². The summed E-state index contributed by atoms with van der Waals surface area (Å²) in [7, 11) is 1.68. The second-order valence-electron chi connectivity index (χ2n) is 6.39. The highest BCUT2D eigenvalue weighted by Crippen LogP contribution is 2.51. The van der Waals surface area contributed by atoms with Crippen LogP contribution >= 0.6 is 15.9 Å². The first kappa shape index (κ1) is 16.1. The van der Waals surface area contributed by atoms with Gasteiger partial charge in [-0.1, -0.05) is 28.1 Å². The fourth-order valence-electron chi connectivity index (χ4n) is 3.95. The molecule has 0 radical (unpaired) electrons. The minimum Gasteiger partial charge on any atom is -0.496 e. The summed E-state index contributed by atoms with van der Waals surface area (Å²) in [6.45, 7) is 0. The lowest BCUT2D eigenvalue weighted by Gasteiger charge is -2.37. The molecule has 0 saturated carbocycles. The molecule has 6 heteroatoms. The number of allylic oxidation sites excluding steroid dienone is 2. The quantitative estimate of drug-likeness (QED) is 0.437. The lowest BCUT2D eigenvalue weighted by molar-refractivity contribution is -0.384. The van der Waals surface area contributed by atoms with Gasteiger partial charge in [-0.05, 0) is 42.2 Å². The third-order valence-electron chi connectivity index (χ3n) is 5.08. The standard InChI is InChI=1S/C19H17BrN2O3/c1-25-18-8-5-11(20)9-16(18)19-14-4-2-3-13(14)15-10-12(22(23)24)6-7-17(15)21-19/h2-3,5-10,13-14,19,21H,4H2,1H3/t13-,14+,19-/m0/s1. The molecule has 1 aliphatic heterocycles. The van der Waals surface area contributed by atoms with Crippen LogP contribution in [0.15, 0.2) is 53.0 Å². The van der Waals surface area contributed by atoms with Gasteiger partial charge in [-0.2, -0.15) is 0 Å². The summed E-state index contributed by atoms with van der Waals surface area (Å²) in [6, 6.07) is 11.2. The molecule has 25 heavy (non-hydrogen) atoms. The van der Waals surface area contributed by atoms with Crippen LogP contribution in [0.4, 0.5) is 11.4 Å². The maximum Gasteiger partial charge on any atom is 0.269 e.